The van der Waals surface area contributed by atoms with Crippen molar-refractivity contribution < 1.29 is 27.2 Å². The van der Waals surface area contributed by atoms with Crippen LogP contribution in [0.2, 0.25) is 0 Å². The number of carbonyl (C=O) groups is 2. The number of likely N-dealkylation sites (N-methyl/N-ethyl adjacent to an activating group) is 1. The van der Waals surface area contributed by atoms with Crippen LogP contribution in [0.3, 0.4) is 0 Å². The lowest BCUT2D eigenvalue weighted by Crippen LogP contribution is -2.34. The molecule has 0 saturated carbocycles. The Kier molecular flexibility index (Phi) is 6.50. The fourth-order valence-electron chi connectivity index (χ4n) is 3.58. The fourth-order valence-corrected chi connectivity index (χ4v) is 4.44. The number of carbonyl (C=O) groups excluding carboxylic acids is 2. The third-order valence-electron chi connectivity index (χ3n) is 5.31. The van der Waals surface area contributed by atoms with Crippen molar-refractivity contribution >= 4 is 39.9 Å². The second-order valence-corrected chi connectivity index (χ2v) is 9.05. The van der Waals surface area contributed by atoms with Gasteiger partial charge in [-0.05, 0) is 67.3 Å². The third-order valence-corrected chi connectivity index (χ3v) is 6.21. The van der Waals surface area contributed by atoms with E-state index in [2.05, 4.69) is 5.10 Å². The third kappa shape index (κ3) is 5.00. The zero-order valence-corrected chi connectivity index (χ0v) is 19.1. The maximum Gasteiger partial charge on any atom is 0.416 e. The predicted molar refractivity (Wildman–Crippen MR) is 121 cm³/mol. The van der Waals surface area contributed by atoms with Crippen LogP contribution in [-0.4, -0.2) is 57.9 Å². The van der Waals surface area contributed by atoms with Crippen LogP contribution >= 0.6 is 11.8 Å². The lowest BCUT2D eigenvalue weighted by atomic mass is 10.1. The zero-order valence-electron chi connectivity index (χ0n) is 18.3. The number of fused-ring (bicyclic) bond motifs is 1. The summed E-state index contributed by atoms with van der Waals surface area (Å²) >= 11 is 0.868. The molecule has 1 aromatic heterocycles. The van der Waals surface area contributed by atoms with E-state index in [0.29, 0.717) is 40.5 Å². The smallest absolute Gasteiger partial charge is 0.308 e. The molecule has 0 atom stereocenters. The van der Waals surface area contributed by atoms with Crippen molar-refractivity contribution in [3.63, 3.8) is 0 Å². The summed E-state index contributed by atoms with van der Waals surface area (Å²) in [5.74, 6) is -1.32. The molecule has 6 nitrogen and oxygen atoms in total. The summed E-state index contributed by atoms with van der Waals surface area (Å²) in [6.07, 6.45) is -1.57. The largest absolute Gasteiger partial charge is 0.416 e. The Labute approximate surface area is 196 Å². The van der Waals surface area contributed by atoms with Crippen molar-refractivity contribution in [2.45, 2.75) is 12.7 Å². The lowest BCUT2D eigenvalue weighted by Gasteiger charge is -2.15. The summed E-state index contributed by atoms with van der Waals surface area (Å²) in [4.78, 5) is 28.2. The average Bonchev–Trinajstić information content (AvgIpc) is 3.27. The first-order chi connectivity index (χ1) is 16.0. The van der Waals surface area contributed by atoms with Gasteiger partial charge in [-0.1, -0.05) is 12.1 Å². The van der Waals surface area contributed by atoms with E-state index in [1.54, 1.807) is 24.3 Å². The Morgan fingerprint density at radius 3 is 2.59 bits per heavy atom. The maximum absolute atomic E-state index is 13.4. The van der Waals surface area contributed by atoms with Gasteiger partial charge in [0.2, 0.25) is 0 Å². The number of alkyl halides is 3. The molecular formula is C23H20F4N4O2S. The molecule has 1 aliphatic rings. The number of hydrogen-bond acceptors (Lipinski definition) is 5. The molecule has 1 saturated heterocycles. The first-order valence-electron chi connectivity index (χ1n) is 10.2. The highest BCUT2D eigenvalue weighted by Crippen LogP contribution is 2.34. The number of thioether (sulfide) groups is 1. The van der Waals surface area contributed by atoms with Gasteiger partial charge < -0.3 is 4.90 Å². The topological polar surface area (TPSA) is 58.4 Å². The summed E-state index contributed by atoms with van der Waals surface area (Å²) in [7, 11) is 3.70. The van der Waals surface area contributed by atoms with Crippen molar-refractivity contribution in [3.8, 4) is 0 Å². The molecule has 0 bridgehead atoms. The number of rotatable bonds is 6. The maximum atomic E-state index is 13.4. The van der Waals surface area contributed by atoms with E-state index in [9.17, 15) is 27.2 Å². The Morgan fingerprint density at radius 1 is 1.12 bits per heavy atom. The number of benzene rings is 2. The van der Waals surface area contributed by atoms with Gasteiger partial charge >= 0.3 is 6.18 Å². The molecule has 0 radical (unpaired) electrons. The molecule has 34 heavy (non-hydrogen) atoms. The van der Waals surface area contributed by atoms with Gasteiger partial charge in [-0.3, -0.25) is 19.2 Å². The second kappa shape index (κ2) is 9.22. The summed E-state index contributed by atoms with van der Waals surface area (Å²) in [5.41, 5.74) is 0.0868. The van der Waals surface area contributed by atoms with Gasteiger partial charge in [-0.15, -0.1) is 0 Å². The van der Waals surface area contributed by atoms with Crippen LogP contribution in [0, 0.1) is 5.82 Å². The zero-order chi connectivity index (χ0) is 24.6. The quantitative estimate of drug-likeness (QED) is 0.364. The van der Waals surface area contributed by atoms with Crippen LogP contribution in [0.15, 0.2) is 47.5 Å². The monoisotopic (exact) mass is 492 g/mol. The van der Waals surface area contributed by atoms with E-state index < -0.39 is 17.6 Å². The molecule has 2 aromatic carbocycles. The number of amides is 2. The van der Waals surface area contributed by atoms with Gasteiger partial charge in [0.15, 0.2) is 0 Å². The first kappa shape index (κ1) is 24.0. The summed E-state index contributed by atoms with van der Waals surface area (Å²) in [6, 6.07) is 7.68. The molecular weight excluding hydrogens is 472 g/mol. The van der Waals surface area contributed by atoms with Crippen molar-refractivity contribution in [3.05, 3.63) is 70.0 Å². The molecule has 4 rings (SSSR count). The highest BCUT2D eigenvalue weighted by atomic mass is 32.2. The minimum absolute atomic E-state index is 0.102. The Balaban J connectivity index is 1.58. The van der Waals surface area contributed by atoms with Crippen molar-refractivity contribution in [2.24, 2.45) is 0 Å². The number of halogens is 4. The van der Waals surface area contributed by atoms with Crippen LogP contribution in [0.4, 0.5) is 22.4 Å². The second-order valence-electron chi connectivity index (χ2n) is 8.06. The van der Waals surface area contributed by atoms with Crippen LogP contribution in [-0.2, 0) is 17.5 Å². The molecule has 0 spiro atoms. The van der Waals surface area contributed by atoms with E-state index in [0.717, 1.165) is 23.9 Å². The molecule has 0 N–H and O–H groups in total. The lowest BCUT2D eigenvalue weighted by molar-refractivity contribution is -0.138. The van der Waals surface area contributed by atoms with Crippen LogP contribution in [0.25, 0.3) is 17.0 Å². The van der Waals surface area contributed by atoms with Crippen molar-refractivity contribution in [1.29, 1.82) is 0 Å². The molecule has 1 aliphatic heterocycles. The first-order valence-corrected chi connectivity index (χ1v) is 11.1. The van der Waals surface area contributed by atoms with Crippen molar-refractivity contribution in [2.75, 3.05) is 27.2 Å². The molecule has 1 fully saturated rings. The molecule has 0 unspecified atom stereocenters. The van der Waals surface area contributed by atoms with Crippen LogP contribution in [0.1, 0.15) is 16.7 Å². The summed E-state index contributed by atoms with van der Waals surface area (Å²) in [5, 5.41) is 4.51. The van der Waals surface area contributed by atoms with E-state index in [1.807, 2.05) is 19.0 Å². The normalized spacial score (nSPS) is 16.0. The molecule has 3 aromatic rings. The van der Waals surface area contributed by atoms with E-state index in [4.69, 9.17) is 0 Å². The molecule has 2 heterocycles. The molecule has 0 aliphatic carbocycles. The Hall–Kier alpha value is -3.18. The minimum Gasteiger partial charge on any atom is -0.308 e. The number of imide groups is 1. The van der Waals surface area contributed by atoms with E-state index in [-0.39, 0.29) is 23.3 Å². The molecule has 178 valence electrons. The number of hydrogen-bond donors (Lipinski definition) is 0. The number of aromatic nitrogens is 2. The summed E-state index contributed by atoms with van der Waals surface area (Å²) in [6.45, 7) is 0.660. The van der Waals surface area contributed by atoms with E-state index >= 15 is 0 Å². The van der Waals surface area contributed by atoms with Gasteiger partial charge in [0.1, 0.15) is 5.82 Å². The van der Waals surface area contributed by atoms with Crippen LogP contribution < -0.4 is 0 Å². The standard InChI is InChI=1S/C23H20F4N4O2S/c1-29(2)7-8-30-21(32)20(34-22(30)33)10-14-3-6-19-16(9-14)12-28-31(19)13-15-4-5-17(24)11-18(15)23(25,26)27/h3-6,9-12H,7-8,13H2,1-2H3/b20-10-. The van der Waals surface area contributed by atoms with Crippen LogP contribution in [0.5, 0.6) is 0 Å². The summed E-state index contributed by atoms with van der Waals surface area (Å²) < 4.78 is 54.8. The van der Waals surface area contributed by atoms with Gasteiger partial charge in [0.05, 0.1) is 28.7 Å². The van der Waals surface area contributed by atoms with Gasteiger partial charge in [0.25, 0.3) is 11.1 Å². The molecule has 2 amide bonds. The minimum atomic E-state index is -4.69. The molecule has 11 heteroatoms. The van der Waals surface area contributed by atoms with Gasteiger partial charge in [0, 0.05) is 18.5 Å². The number of nitrogens with zero attached hydrogens (tertiary/aromatic N) is 4. The van der Waals surface area contributed by atoms with E-state index in [1.165, 1.54) is 15.8 Å². The Morgan fingerprint density at radius 2 is 1.88 bits per heavy atom. The SMILES string of the molecule is CN(C)CCN1C(=O)S/C(=C\c2ccc3c(cnn3Cc3ccc(F)cc3C(F)(F)F)c2)C1=O. The Bertz CT molecular complexity index is 1300. The fraction of sp³-hybridized carbons (Fsp3) is 0.261. The highest BCUT2D eigenvalue weighted by molar-refractivity contribution is 8.18. The van der Waals surface area contributed by atoms with Gasteiger partial charge in [-0.25, -0.2) is 4.39 Å². The van der Waals surface area contributed by atoms with Crippen molar-refractivity contribution in [1.82, 2.24) is 19.6 Å². The predicted octanol–water partition coefficient (Wildman–Crippen LogP) is 4.84. The van der Waals surface area contributed by atoms with Gasteiger partial charge in [-0.2, -0.15) is 18.3 Å². The average molecular weight is 492 g/mol. The highest BCUT2D eigenvalue weighted by Gasteiger charge is 2.35.